The summed E-state index contributed by atoms with van der Waals surface area (Å²) in [7, 11) is 2.22. The number of carbonyl (C=O) groups is 3. The molecule has 1 N–H and O–H groups in total. The number of nitrogens with zero attached hydrogens (tertiary/aromatic N) is 1. The Morgan fingerprint density at radius 2 is 1.70 bits per heavy atom. The third-order valence-electron chi connectivity index (χ3n) is 3.49. The Morgan fingerprint density at radius 3 is 2.26 bits per heavy atom. The monoisotopic (exact) mass is 503 g/mol. The second kappa shape index (κ2) is 8.49. The van der Waals surface area contributed by atoms with Crippen molar-refractivity contribution in [1.82, 2.24) is 0 Å². The van der Waals surface area contributed by atoms with Gasteiger partial charge in [0.1, 0.15) is 11.3 Å². The smallest absolute Gasteiger partial charge is 0.355 e. The Balaban J connectivity index is 2.91. The van der Waals surface area contributed by atoms with Crippen LogP contribution in [0.5, 0.6) is 0 Å². The fourth-order valence-corrected chi connectivity index (χ4v) is 3.71. The number of hydrogen-bond acceptors (Lipinski definition) is 6. The Hall–Kier alpha value is -2.46. The second-order valence-electron chi connectivity index (χ2n) is 5.00. The van der Waals surface area contributed by atoms with Crippen LogP contribution in [0.1, 0.15) is 10.4 Å². The van der Waals surface area contributed by atoms with Crippen molar-refractivity contribution in [3.63, 3.8) is 0 Å². The number of carboxylic acids is 1. The van der Waals surface area contributed by atoms with Crippen LogP contribution in [0, 0.1) is 5.82 Å². The highest BCUT2D eigenvalue weighted by Gasteiger charge is 2.33. The number of ether oxygens (including phenoxy) is 2. The molecule has 0 radical (unpaired) electrons. The average molecular weight is 505 g/mol. The lowest BCUT2D eigenvalue weighted by Gasteiger charge is -2.26. The molecule has 1 aliphatic rings. The van der Waals surface area contributed by atoms with E-state index in [1.807, 2.05) is 0 Å². The molecule has 0 saturated carbocycles. The maximum atomic E-state index is 14.5. The van der Waals surface area contributed by atoms with Crippen molar-refractivity contribution in [2.45, 2.75) is 0 Å². The summed E-state index contributed by atoms with van der Waals surface area (Å²) in [6, 6.07) is 1.29. The molecule has 0 amide bonds. The number of allylic oxidation sites excluding steroid dienone is 2. The van der Waals surface area contributed by atoms with Gasteiger partial charge in [0.2, 0.25) is 0 Å². The van der Waals surface area contributed by atoms with Gasteiger partial charge < -0.3 is 19.5 Å². The first-order chi connectivity index (χ1) is 12.7. The summed E-state index contributed by atoms with van der Waals surface area (Å²) in [5, 5.41) is 9.53. The minimum absolute atomic E-state index is 0.0933. The van der Waals surface area contributed by atoms with Gasteiger partial charge in [0.15, 0.2) is 5.82 Å². The van der Waals surface area contributed by atoms with E-state index in [0.29, 0.717) is 0 Å². The first-order valence-corrected chi connectivity index (χ1v) is 8.79. The van der Waals surface area contributed by atoms with E-state index in [0.717, 1.165) is 19.1 Å². The lowest BCUT2D eigenvalue weighted by atomic mass is 10.1. The van der Waals surface area contributed by atoms with E-state index in [1.165, 1.54) is 30.5 Å². The number of hydrogen-bond donors (Lipinski definition) is 1. The third-order valence-corrected chi connectivity index (χ3v) is 4.67. The number of aromatic carboxylic acids is 1. The quantitative estimate of drug-likeness (QED) is 0.495. The first kappa shape index (κ1) is 20.8. The first-order valence-electron chi connectivity index (χ1n) is 7.20. The molecular formula is C17H12Br2FNO6. The van der Waals surface area contributed by atoms with Crippen LogP contribution in [0.25, 0.3) is 0 Å². The van der Waals surface area contributed by atoms with Gasteiger partial charge in [-0.15, -0.1) is 0 Å². The molecule has 0 unspecified atom stereocenters. The van der Waals surface area contributed by atoms with Crippen LogP contribution >= 0.6 is 31.9 Å². The minimum Gasteiger partial charge on any atom is -0.478 e. The van der Waals surface area contributed by atoms with E-state index >= 15 is 0 Å². The lowest BCUT2D eigenvalue weighted by molar-refractivity contribution is -0.139. The highest BCUT2D eigenvalue weighted by molar-refractivity contribution is 9.11. The van der Waals surface area contributed by atoms with Crippen molar-refractivity contribution >= 4 is 55.5 Å². The Bertz CT molecular complexity index is 922. The molecule has 1 aromatic rings. The molecule has 0 saturated heterocycles. The molecule has 0 aliphatic carbocycles. The highest BCUT2D eigenvalue weighted by Crippen LogP contribution is 2.39. The molecule has 7 nitrogen and oxygen atoms in total. The Labute approximate surface area is 170 Å². The van der Waals surface area contributed by atoms with Gasteiger partial charge >= 0.3 is 17.9 Å². The van der Waals surface area contributed by atoms with Crippen molar-refractivity contribution in [1.29, 1.82) is 0 Å². The molecule has 1 heterocycles. The maximum absolute atomic E-state index is 14.5. The summed E-state index contributed by atoms with van der Waals surface area (Å²) in [5.74, 6) is -4.42. The summed E-state index contributed by atoms with van der Waals surface area (Å²) in [5.41, 5.74) is -1.45. The Kier molecular flexibility index (Phi) is 6.55. The average Bonchev–Trinajstić information content (AvgIpc) is 2.85. The van der Waals surface area contributed by atoms with Crippen LogP contribution in [-0.4, -0.2) is 37.2 Å². The predicted molar refractivity (Wildman–Crippen MR) is 101 cm³/mol. The molecule has 10 heteroatoms. The van der Waals surface area contributed by atoms with Crippen molar-refractivity contribution in [2.75, 3.05) is 19.1 Å². The van der Waals surface area contributed by atoms with Gasteiger partial charge in [-0.25, -0.2) is 18.8 Å². The number of rotatable bonds is 4. The van der Waals surface area contributed by atoms with Crippen LogP contribution in [-0.2, 0) is 19.1 Å². The number of carbonyl (C=O) groups excluding carboxylic acids is 2. The molecule has 142 valence electrons. The van der Waals surface area contributed by atoms with Gasteiger partial charge in [-0.2, -0.15) is 0 Å². The number of carboxylic acid groups (broad SMARTS) is 1. The van der Waals surface area contributed by atoms with Crippen molar-refractivity contribution in [3.05, 3.63) is 62.1 Å². The van der Waals surface area contributed by atoms with Crippen LogP contribution in [0.4, 0.5) is 10.1 Å². The number of esters is 2. The normalized spacial score (nSPS) is 13.4. The molecule has 27 heavy (non-hydrogen) atoms. The van der Waals surface area contributed by atoms with Gasteiger partial charge in [-0.3, -0.25) is 0 Å². The Morgan fingerprint density at radius 1 is 1.07 bits per heavy atom. The standard InChI is InChI=1S/C17H12Br2FNO6/c1-26-16(24)8-5-3-4-6-21(13(8)17(25)27-2)14-10(19)7-9(18)12(20)11(14)15(22)23/h3-7H,1-2H3,(H,22,23). The van der Waals surface area contributed by atoms with Crippen LogP contribution in [0.15, 0.2) is 50.7 Å². The summed E-state index contributed by atoms with van der Waals surface area (Å²) in [4.78, 5) is 37.3. The molecule has 1 aliphatic heterocycles. The van der Waals surface area contributed by atoms with Crippen LogP contribution in [0.2, 0.25) is 0 Å². The highest BCUT2D eigenvalue weighted by atomic mass is 79.9. The van der Waals surface area contributed by atoms with E-state index in [-0.39, 0.29) is 25.9 Å². The second-order valence-corrected chi connectivity index (χ2v) is 6.71. The molecule has 0 atom stereocenters. The predicted octanol–water partition coefficient (Wildman–Crippen LogP) is 3.54. The number of benzene rings is 1. The number of halogens is 3. The lowest BCUT2D eigenvalue weighted by Crippen LogP contribution is -2.29. The van der Waals surface area contributed by atoms with Gasteiger partial charge in [0.25, 0.3) is 0 Å². The zero-order chi connectivity index (χ0) is 20.3. The van der Waals surface area contributed by atoms with Crippen LogP contribution < -0.4 is 4.90 Å². The SMILES string of the molecule is COC(=O)C1=C(C(=O)OC)N(c2c(Br)cc(Br)c(F)c2C(=O)O)C=CC=C1. The molecule has 0 bridgehead atoms. The fraction of sp³-hybridized carbons (Fsp3) is 0.118. The van der Waals surface area contributed by atoms with Gasteiger partial charge in [0.05, 0.1) is 30.0 Å². The summed E-state index contributed by atoms with van der Waals surface area (Å²) >= 11 is 6.14. The van der Waals surface area contributed by atoms with Crippen LogP contribution in [0.3, 0.4) is 0 Å². The molecule has 1 aromatic carbocycles. The number of methoxy groups -OCH3 is 2. The molecule has 0 spiro atoms. The summed E-state index contributed by atoms with van der Waals surface area (Å²) in [6.45, 7) is 0. The largest absolute Gasteiger partial charge is 0.478 e. The van der Waals surface area contributed by atoms with Crippen molar-refractivity contribution in [2.24, 2.45) is 0 Å². The zero-order valence-corrected chi connectivity index (χ0v) is 17.1. The number of anilines is 1. The fourth-order valence-electron chi connectivity index (χ4n) is 2.35. The van der Waals surface area contributed by atoms with E-state index in [9.17, 15) is 23.9 Å². The van der Waals surface area contributed by atoms with E-state index in [4.69, 9.17) is 4.74 Å². The van der Waals surface area contributed by atoms with E-state index in [1.54, 1.807) is 0 Å². The topological polar surface area (TPSA) is 93.1 Å². The molecule has 0 aromatic heterocycles. The zero-order valence-electron chi connectivity index (χ0n) is 14.0. The van der Waals surface area contributed by atoms with Gasteiger partial charge in [-0.05, 0) is 50.1 Å². The van der Waals surface area contributed by atoms with E-state index < -0.39 is 29.3 Å². The van der Waals surface area contributed by atoms with Crippen molar-refractivity contribution in [3.8, 4) is 0 Å². The molecular weight excluding hydrogens is 493 g/mol. The third kappa shape index (κ3) is 3.96. The minimum atomic E-state index is -1.57. The van der Waals surface area contributed by atoms with Gasteiger partial charge in [-0.1, -0.05) is 6.08 Å². The van der Waals surface area contributed by atoms with Crippen molar-refractivity contribution < 1.29 is 33.4 Å². The summed E-state index contributed by atoms with van der Waals surface area (Å²) in [6.07, 6.45) is 5.49. The molecule has 2 rings (SSSR count). The van der Waals surface area contributed by atoms with E-state index in [2.05, 4.69) is 36.6 Å². The van der Waals surface area contributed by atoms with Gasteiger partial charge in [0, 0.05) is 10.7 Å². The summed E-state index contributed by atoms with van der Waals surface area (Å²) < 4.78 is 24.0. The maximum Gasteiger partial charge on any atom is 0.355 e. The molecule has 0 fully saturated rings.